The van der Waals surface area contributed by atoms with Gasteiger partial charge in [-0.25, -0.2) is 0 Å². The van der Waals surface area contributed by atoms with E-state index in [0.29, 0.717) is 25.0 Å². The first-order chi connectivity index (χ1) is 7.37. The normalized spacial score (nSPS) is 40.9. The van der Waals surface area contributed by atoms with Crippen LogP contribution in [0.4, 0.5) is 0 Å². The second-order valence-corrected chi connectivity index (χ2v) is 6.07. The van der Waals surface area contributed by atoms with E-state index in [1.807, 2.05) is 13.8 Å². The minimum Gasteiger partial charge on any atom is -0.465 e. The molecule has 0 aromatic rings. The van der Waals surface area contributed by atoms with Crippen molar-refractivity contribution in [1.29, 1.82) is 0 Å². The fourth-order valence-corrected chi connectivity index (χ4v) is 2.72. The zero-order valence-corrected chi connectivity index (χ0v) is 10.7. The van der Waals surface area contributed by atoms with Gasteiger partial charge in [0.25, 0.3) is 0 Å². The molecular formula is C13H22O3. The van der Waals surface area contributed by atoms with Crippen molar-refractivity contribution in [3.63, 3.8) is 0 Å². The third kappa shape index (κ3) is 1.86. The first-order valence-corrected chi connectivity index (χ1v) is 6.21. The summed E-state index contributed by atoms with van der Waals surface area (Å²) < 4.78 is 10.9. The minimum atomic E-state index is -0.0754. The maximum atomic E-state index is 11.7. The zero-order valence-electron chi connectivity index (χ0n) is 10.7. The van der Waals surface area contributed by atoms with Gasteiger partial charge in [-0.1, -0.05) is 20.8 Å². The fraction of sp³-hybridized carbons (Fsp3) is 0.923. The molecule has 0 aromatic carbocycles. The van der Waals surface area contributed by atoms with Crippen LogP contribution in [0.2, 0.25) is 0 Å². The van der Waals surface area contributed by atoms with Crippen molar-refractivity contribution in [2.75, 3.05) is 6.61 Å². The van der Waals surface area contributed by atoms with Gasteiger partial charge in [-0.05, 0) is 25.7 Å². The summed E-state index contributed by atoms with van der Waals surface area (Å²) >= 11 is 0. The Morgan fingerprint density at radius 1 is 1.50 bits per heavy atom. The third-order valence-corrected chi connectivity index (χ3v) is 4.21. The van der Waals surface area contributed by atoms with E-state index in [-0.39, 0.29) is 17.0 Å². The molecule has 2 aliphatic rings. The fourth-order valence-electron chi connectivity index (χ4n) is 2.72. The summed E-state index contributed by atoms with van der Waals surface area (Å²) in [7, 11) is 0. The standard InChI is InChI=1S/C13H22O3/c1-9(2)8-15-11(14)7-12(3)6-5-10-13(12,4)16-10/h9-10H,5-8H2,1-4H3. The predicted molar refractivity (Wildman–Crippen MR) is 61.0 cm³/mol. The molecule has 16 heavy (non-hydrogen) atoms. The van der Waals surface area contributed by atoms with Gasteiger partial charge in [0.05, 0.1) is 24.7 Å². The summed E-state index contributed by atoms with van der Waals surface area (Å²) in [5, 5.41) is 0. The van der Waals surface area contributed by atoms with Gasteiger partial charge in [0.2, 0.25) is 0 Å². The molecule has 2 rings (SSSR count). The summed E-state index contributed by atoms with van der Waals surface area (Å²) in [6, 6.07) is 0. The van der Waals surface area contributed by atoms with E-state index in [0.717, 1.165) is 12.8 Å². The monoisotopic (exact) mass is 226 g/mol. The Hall–Kier alpha value is -0.570. The summed E-state index contributed by atoms with van der Waals surface area (Å²) in [6.45, 7) is 8.89. The number of carbonyl (C=O) groups excluding carboxylic acids is 1. The molecular weight excluding hydrogens is 204 g/mol. The third-order valence-electron chi connectivity index (χ3n) is 4.21. The van der Waals surface area contributed by atoms with Crippen LogP contribution in [0.15, 0.2) is 0 Å². The Morgan fingerprint density at radius 2 is 2.19 bits per heavy atom. The van der Waals surface area contributed by atoms with Crippen LogP contribution >= 0.6 is 0 Å². The highest BCUT2D eigenvalue weighted by Gasteiger charge is 2.68. The van der Waals surface area contributed by atoms with Crippen LogP contribution < -0.4 is 0 Å². The van der Waals surface area contributed by atoms with Gasteiger partial charge < -0.3 is 9.47 Å². The molecule has 1 saturated heterocycles. The van der Waals surface area contributed by atoms with Crippen molar-refractivity contribution in [3.05, 3.63) is 0 Å². The van der Waals surface area contributed by atoms with Crippen molar-refractivity contribution in [3.8, 4) is 0 Å². The summed E-state index contributed by atoms with van der Waals surface area (Å²) in [5.74, 6) is 0.328. The van der Waals surface area contributed by atoms with Crippen LogP contribution in [0.25, 0.3) is 0 Å². The van der Waals surface area contributed by atoms with Gasteiger partial charge in [0.1, 0.15) is 0 Å². The molecule has 3 nitrogen and oxygen atoms in total. The van der Waals surface area contributed by atoms with Gasteiger partial charge >= 0.3 is 5.97 Å². The number of epoxide rings is 1. The number of ether oxygens (including phenoxy) is 2. The Balaban J connectivity index is 1.87. The van der Waals surface area contributed by atoms with Crippen LogP contribution in [-0.2, 0) is 14.3 Å². The van der Waals surface area contributed by atoms with Gasteiger partial charge in [-0.3, -0.25) is 4.79 Å². The van der Waals surface area contributed by atoms with Gasteiger partial charge in [-0.2, -0.15) is 0 Å². The van der Waals surface area contributed by atoms with E-state index in [1.54, 1.807) is 0 Å². The maximum absolute atomic E-state index is 11.7. The number of hydrogen-bond acceptors (Lipinski definition) is 3. The molecule has 92 valence electrons. The molecule has 0 N–H and O–H groups in total. The minimum absolute atomic E-state index is 0.0221. The lowest BCUT2D eigenvalue weighted by Gasteiger charge is -2.29. The molecule has 1 saturated carbocycles. The first kappa shape index (κ1) is 11.9. The molecule has 0 amide bonds. The highest BCUT2D eigenvalue weighted by molar-refractivity contribution is 5.70. The Morgan fingerprint density at radius 3 is 2.62 bits per heavy atom. The van der Waals surface area contributed by atoms with E-state index in [2.05, 4.69) is 13.8 Å². The average molecular weight is 226 g/mol. The number of hydrogen-bond donors (Lipinski definition) is 0. The lowest BCUT2D eigenvalue weighted by Crippen LogP contribution is -2.33. The highest BCUT2D eigenvalue weighted by atomic mass is 16.6. The van der Waals surface area contributed by atoms with Crippen LogP contribution in [0, 0.1) is 11.3 Å². The largest absolute Gasteiger partial charge is 0.465 e. The number of rotatable bonds is 4. The molecule has 1 aliphatic carbocycles. The molecule has 1 heterocycles. The zero-order chi connectivity index (χ0) is 12.0. The topological polar surface area (TPSA) is 38.8 Å². The molecule has 3 atom stereocenters. The molecule has 0 spiro atoms. The Labute approximate surface area is 97.5 Å². The summed E-state index contributed by atoms with van der Waals surface area (Å²) in [5.41, 5.74) is -0.0877. The van der Waals surface area contributed by atoms with Crippen LogP contribution in [0.1, 0.15) is 47.0 Å². The molecule has 1 aliphatic heterocycles. The SMILES string of the molecule is CC(C)COC(=O)CC1(C)CCC2OC21C. The molecule has 0 aromatic heterocycles. The first-order valence-electron chi connectivity index (χ1n) is 6.21. The molecule has 3 heteroatoms. The molecule has 0 bridgehead atoms. The van der Waals surface area contributed by atoms with Gasteiger partial charge in [0, 0.05) is 5.41 Å². The number of esters is 1. The smallest absolute Gasteiger partial charge is 0.306 e. The second kappa shape index (κ2) is 3.73. The Kier molecular flexibility index (Phi) is 2.77. The van der Waals surface area contributed by atoms with Gasteiger partial charge in [0.15, 0.2) is 0 Å². The van der Waals surface area contributed by atoms with Gasteiger partial charge in [-0.15, -0.1) is 0 Å². The van der Waals surface area contributed by atoms with E-state index >= 15 is 0 Å². The molecule has 2 fully saturated rings. The lowest BCUT2D eigenvalue weighted by molar-refractivity contribution is -0.148. The quantitative estimate of drug-likeness (QED) is 0.546. The average Bonchev–Trinajstić information content (AvgIpc) is 2.79. The van der Waals surface area contributed by atoms with Crippen molar-refractivity contribution in [1.82, 2.24) is 0 Å². The van der Waals surface area contributed by atoms with E-state index < -0.39 is 0 Å². The van der Waals surface area contributed by atoms with Crippen LogP contribution in [-0.4, -0.2) is 24.3 Å². The highest BCUT2D eigenvalue weighted by Crippen LogP contribution is 2.62. The summed E-state index contributed by atoms with van der Waals surface area (Å²) in [4.78, 5) is 11.7. The second-order valence-electron chi connectivity index (χ2n) is 6.07. The van der Waals surface area contributed by atoms with Crippen LogP contribution in [0.3, 0.4) is 0 Å². The molecule has 0 radical (unpaired) electrons. The van der Waals surface area contributed by atoms with E-state index in [4.69, 9.17) is 9.47 Å². The van der Waals surface area contributed by atoms with Crippen molar-refractivity contribution in [2.45, 2.75) is 58.7 Å². The number of carbonyl (C=O) groups is 1. The predicted octanol–water partition coefficient (Wildman–Crippen LogP) is 2.53. The van der Waals surface area contributed by atoms with Crippen LogP contribution in [0.5, 0.6) is 0 Å². The summed E-state index contributed by atoms with van der Waals surface area (Å²) in [6.07, 6.45) is 3.04. The van der Waals surface area contributed by atoms with E-state index in [9.17, 15) is 4.79 Å². The lowest BCUT2D eigenvalue weighted by atomic mass is 9.77. The maximum Gasteiger partial charge on any atom is 0.306 e. The van der Waals surface area contributed by atoms with Crippen molar-refractivity contribution in [2.24, 2.45) is 11.3 Å². The van der Waals surface area contributed by atoms with E-state index in [1.165, 1.54) is 0 Å². The molecule has 3 unspecified atom stereocenters. The number of fused-ring (bicyclic) bond motifs is 1. The van der Waals surface area contributed by atoms with Crippen molar-refractivity contribution < 1.29 is 14.3 Å². The van der Waals surface area contributed by atoms with Crippen molar-refractivity contribution >= 4 is 5.97 Å². The Bertz CT molecular complexity index is 298.